The van der Waals surface area contributed by atoms with Crippen molar-refractivity contribution < 1.29 is 53.8 Å². The number of hydrogen-bond donors (Lipinski definition) is 1. The van der Waals surface area contributed by atoms with Crippen LogP contribution in [0.4, 0.5) is 44.3 Å². The molecule has 7 nitrogen and oxygen atoms in total. The zero-order valence-corrected chi connectivity index (χ0v) is 24.0. The maximum Gasteiger partial charge on any atom is 0.449 e. The summed E-state index contributed by atoms with van der Waals surface area (Å²) < 4.78 is 131. The van der Waals surface area contributed by atoms with Gasteiger partial charge in [-0.05, 0) is 44.9 Å². The van der Waals surface area contributed by atoms with E-state index < -0.39 is 102 Å². The Morgan fingerprint density at radius 2 is 1.58 bits per heavy atom. The summed E-state index contributed by atoms with van der Waals surface area (Å²) in [5.41, 5.74) is -4.13. The minimum Gasteiger partial charge on any atom is -0.444 e. The van der Waals surface area contributed by atoms with Gasteiger partial charge in [0.2, 0.25) is 11.7 Å². The molecule has 1 aliphatic rings. The molecule has 0 spiro atoms. The fourth-order valence-corrected chi connectivity index (χ4v) is 4.92. The summed E-state index contributed by atoms with van der Waals surface area (Å²) in [7, 11) is 0. The van der Waals surface area contributed by atoms with Gasteiger partial charge in [0.1, 0.15) is 11.4 Å². The summed E-state index contributed by atoms with van der Waals surface area (Å²) in [5.74, 6) is -6.22. The zero-order valence-electron chi connectivity index (χ0n) is 24.0. The fourth-order valence-electron chi connectivity index (χ4n) is 4.92. The quantitative estimate of drug-likeness (QED) is 0.233. The molecule has 0 saturated heterocycles. The maximum absolute atomic E-state index is 14.4. The number of alkyl carbamates (subject to hydrolysis) is 1. The van der Waals surface area contributed by atoms with Crippen molar-refractivity contribution in [3.63, 3.8) is 0 Å². The Labute approximate surface area is 251 Å². The van der Waals surface area contributed by atoms with E-state index in [1.807, 2.05) is 0 Å². The molecule has 2 amide bonds. The average Bonchev–Trinajstić information content (AvgIpc) is 3.29. The van der Waals surface area contributed by atoms with Crippen molar-refractivity contribution in [1.82, 2.24) is 19.8 Å². The molecule has 244 valence electrons. The number of nitrogens with zero attached hydrogens (tertiary/aromatic N) is 3. The van der Waals surface area contributed by atoms with Gasteiger partial charge in [-0.2, -0.15) is 26.3 Å². The Hall–Kier alpha value is -4.24. The number of carbonyl (C=O) groups excluding carboxylic acids is 2. The molecule has 2 aromatic carbocycles. The van der Waals surface area contributed by atoms with Crippen molar-refractivity contribution >= 4 is 12.0 Å². The number of carbonyl (C=O) groups is 2. The largest absolute Gasteiger partial charge is 0.449 e. The molecule has 2 heterocycles. The monoisotopic (exact) mass is 650 g/mol. The molecule has 4 rings (SSSR count). The molecule has 1 N–H and O–H groups in total. The summed E-state index contributed by atoms with van der Waals surface area (Å²) >= 11 is 0. The molecular formula is C29H27F9N4O3. The smallest absolute Gasteiger partial charge is 0.444 e. The first-order valence-electron chi connectivity index (χ1n) is 13.5. The number of rotatable bonds is 6. The average molecular weight is 651 g/mol. The standard InChI is InChI=1S/C29H27F9N4O3/c1-27(2,3)45-26(44)39-16(10-15-11-20(31)21(32)13-19(15)30)12-23(43)41-8-9-42-22(14-41)24(40-25(42)29(36,37)38)17-6-4-5-7-18(17)28(33,34)35/h4-7,11,13,16H,8-10,12,14H2,1-3H3,(H,39,44). The third-order valence-corrected chi connectivity index (χ3v) is 6.80. The van der Waals surface area contributed by atoms with E-state index in [0.717, 1.165) is 17.0 Å². The van der Waals surface area contributed by atoms with Crippen LogP contribution in [-0.2, 0) is 41.4 Å². The number of benzene rings is 2. The van der Waals surface area contributed by atoms with E-state index in [4.69, 9.17) is 4.74 Å². The van der Waals surface area contributed by atoms with Gasteiger partial charge >= 0.3 is 18.4 Å². The molecule has 1 atom stereocenters. The number of nitrogens with one attached hydrogen (secondary N) is 1. The van der Waals surface area contributed by atoms with Gasteiger partial charge in [0.15, 0.2) is 11.6 Å². The van der Waals surface area contributed by atoms with Crippen LogP contribution in [0.5, 0.6) is 0 Å². The van der Waals surface area contributed by atoms with Crippen molar-refractivity contribution in [3.8, 4) is 11.3 Å². The zero-order chi connectivity index (χ0) is 33.5. The van der Waals surface area contributed by atoms with Crippen LogP contribution in [0, 0.1) is 17.5 Å². The lowest BCUT2D eigenvalue weighted by molar-refractivity contribution is -0.148. The molecule has 1 aliphatic heterocycles. The van der Waals surface area contributed by atoms with E-state index in [-0.39, 0.29) is 17.8 Å². The molecule has 45 heavy (non-hydrogen) atoms. The van der Waals surface area contributed by atoms with Crippen molar-refractivity contribution in [1.29, 1.82) is 0 Å². The van der Waals surface area contributed by atoms with E-state index in [1.165, 1.54) is 6.07 Å². The molecule has 3 aromatic rings. The Kier molecular flexibility index (Phi) is 9.18. The van der Waals surface area contributed by atoms with Crippen LogP contribution >= 0.6 is 0 Å². The van der Waals surface area contributed by atoms with E-state index in [0.29, 0.717) is 22.8 Å². The van der Waals surface area contributed by atoms with Crippen LogP contribution in [0.3, 0.4) is 0 Å². The maximum atomic E-state index is 14.4. The Morgan fingerprint density at radius 3 is 2.20 bits per heavy atom. The van der Waals surface area contributed by atoms with Crippen molar-refractivity contribution in [2.45, 2.75) is 70.7 Å². The molecule has 0 aliphatic carbocycles. The number of fused-ring (bicyclic) bond motifs is 1. The normalized spacial score (nSPS) is 14.6. The van der Waals surface area contributed by atoms with E-state index in [1.54, 1.807) is 20.8 Å². The van der Waals surface area contributed by atoms with Crippen LogP contribution in [0.25, 0.3) is 11.3 Å². The number of aromatic nitrogens is 2. The van der Waals surface area contributed by atoms with E-state index in [2.05, 4.69) is 10.3 Å². The van der Waals surface area contributed by atoms with Gasteiger partial charge < -0.3 is 19.5 Å². The van der Waals surface area contributed by atoms with Crippen molar-refractivity contribution in [2.24, 2.45) is 0 Å². The summed E-state index contributed by atoms with van der Waals surface area (Å²) in [6, 6.07) is 3.54. The van der Waals surface area contributed by atoms with Crippen LogP contribution in [0.2, 0.25) is 0 Å². The lowest BCUT2D eigenvalue weighted by Gasteiger charge is -2.31. The fraction of sp³-hybridized carbons (Fsp3) is 0.414. The lowest BCUT2D eigenvalue weighted by Crippen LogP contribution is -2.45. The summed E-state index contributed by atoms with van der Waals surface area (Å²) in [6.07, 6.45) is -12.1. The van der Waals surface area contributed by atoms with Crippen molar-refractivity contribution in [3.05, 3.63) is 76.5 Å². The summed E-state index contributed by atoms with van der Waals surface area (Å²) in [6.45, 7) is 3.26. The lowest BCUT2D eigenvalue weighted by atomic mass is 10.0. The molecule has 16 heteroatoms. The van der Waals surface area contributed by atoms with E-state index in [9.17, 15) is 49.1 Å². The van der Waals surface area contributed by atoms with Gasteiger partial charge in [-0.3, -0.25) is 4.79 Å². The molecular weight excluding hydrogens is 623 g/mol. The van der Waals surface area contributed by atoms with Gasteiger partial charge in [-0.15, -0.1) is 0 Å². The molecule has 1 unspecified atom stereocenters. The summed E-state index contributed by atoms with van der Waals surface area (Å²) in [4.78, 5) is 30.5. The molecule has 0 bridgehead atoms. The number of halogens is 9. The van der Waals surface area contributed by atoms with Gasteiger partial charge in [0.25, 0.3) is 0 Å². The highest BCUT2D eigenvalue weighted by atomic mass is 19.4. The SMILES string of the molecule is CC(C)(C)OC(=O)NC(CC(=O)N1CCn2c(C(F)(F)F)nc(-c3ccccc3C(F)(F)F)c2C1)Cc1cc(F)c(F)cc1F. The van der Waals surface area contributed by atoms with Crippen molar-refractivity contribution in [2.75, 3.05) is 6.54 Å². The highest BCUT2D eigenvalue weighted by molar-refractivity contribution is 5.79. The topological polar surface area (TPSA) is 76.5 Å². The highest BCUT2D eigenvalue weighted by Crippen LogP contribution is 2.41. The minimum atomic E-state index is -5.02. The molecule has 1 aromatic heterocycles. The Balaban J connectivity index is 1.66. The second-order valence-electron chi connectivity index (χ2n) is 11.3. The van der Waals surface area contributed by atoms with Crippen LogP contribution in [0.15, 0.2) is 36.4 Å². The van der Waals surface area contributed by atoms with Gasteiger partial charge in [0.05, 0.1) is 23.5 Å². The highest BCUT2D eigenvalue weighted by Gasteiger charge is 2.42. The Morgan fingerprint density at radius 1 is 0.933 bits per heavy atom. The minimum absolute atomic E-state index is 0.293. The van der Waals surface area contributed by atoms with Crippen LogP contribution in [0.1, 0.15) is 49.8 Å². The number of imidazole rings is 1. The Bertz CT molecular complexity index is 1590. The first-order valence-corrected chi connectivity index (χ1v) is 13.5. The number of ether oxygens (including phenoxy) is 1. The third kappa shape index (κ3) is 7.89. The second kappa shape index (κ2) is 12.3. The summed E-state index contributed by atoms with van der Waals surface area (Å²) in [5, 5.41) is 2.37. The molecule has 0 saturated carbocycles. The van der Waals surface area contributed by atoms with Gasteiger partial charge in [-0.25, -0.2) is 22.9 Å². The van der Waals surface area contributed by atoms with Gasteiger partial charge in [-0.1, -0.05) is 18.2 Å². The van der Waals surface area contributed by atoms with Gasteiger partial charge in [0, 0.05) is 37.2 Å². The predicted octanol–water partition coefficient (Wildman–Crippen LogP) is 6.87. The molecule has 0 fully saturated rings. The van der Waals surface area contributed by atoms with Crippen LogP contribution in [-0.4, -0.2) is 44.6 Å². The molecule has 0 radical (unpaired) electrons. The number of amides is 2. The first kappa shape index (κ1) is 33.6. The first-order chi connectivity index (χ1) is 20.7. The predicted molar refractivity (Wildman–Crippen MR) is 141 cm³/mol. The van der Waals surface area contributed by atoms with E-state index >= 15 is 0 Å². The number of alkyl halides is 6. The third-order valence-electron chi connectivity index (χ3n) is 6.80. The van der Waals surface area contributed by atoms with Crippen LogP contribution < -0.4 is 5.32 Å². The second-order valence-corrected chi connectivity index (χ2v) is 11.3. The number of hydrogen-bond acceptors (Lipinski definition) is 4.